The number of fused-ring (bicyclic) bond motifs is 1. The number of carbonyl (C=O) groups is 2. The molecule has 0 saturated carbocycles. The van der Waals surface area contributed by atoms with Crippen LogP contribution in [-0.4, -0.2) is 18.4 Å². The smallest absolute Gasteiger partial charge is 0.227 e. The van der Waals surface area contributed by atoms with Crippen molar-refractivity contribution in [2.75, 3.05) is 16.8 Å². The van der Waals surface area contributed by atoms with E-state index in [1.807, 2.05) is 16.8 Å². The molecule has 6 heteroatoms. The van der Waals surface area contributed by atoms with Crippen LogP contribution in [0, 0.1) is 5.82 Å². The lowest BCUT2D eigenvalue weighted by atomic mass is 10.1. The number of hydrogen-bond donors (Lipinski definition) is 1. The highest BCUT2D eigenvalue weighted by molar-refractivity contribution is 7.07. The first-order chi connectivity index (χ1) is 10.6. The third kappa shape index (κ3) is 3.17. The fourth-order valence-corrected chi connectivity index (χ4v) is 3.17. The molecular formula is C16H15FN2O2S. The van der Waals surface area contributed by atoms with Crippen molar-refractivity contribution in [2.24, 2.45) is 0 Å². The van der Waals surface area contributed by atoms with Crippen LogP contribution in [0.5, 0.6) is 0 Å². The minimum atomic E-state index is -0.438. The van der Waals surface area contributed by atoms with Gasteiger partial charge in [0.15, 0.2) is 0 Å². The third-order valence-electron chi connectivity index (χ3n) is 3.59. The molecule has 1 aliphatic heterocycles. The summed E-state index contributed by atoms with van der Waals surface area (Å²) in [6, 6.07) is 6.08. The largest absolute Gasteiger partial charge is 0.324 e. The van der Waals surface area contributed by atoms with Crippen LogP contribution in [0.4, 0.5) is 15.8 Å². The molecule has 0 saturated heterocycles. The number of nitrogens with one attached hydrogen (secondary N) is 1. The molecule has 2 heterocycles. The van der Waals surface area contributed by atoms with Gasteiger partial charge in [0.2, 0.25) is 11.8 Å². The van der Waals surface area contributed by atoms with Crippen LogP contribution in [0.15, 0.2) is 35.0 Å². The molecule has 0 aliphatic carbocycles. The Balaban J connectivity index is 1.80. The summed E-state index contributed by atoms with van der Waals surface area (Å²) in [6.45, 7) is 0.312. The highest BCUT2D eigenvalue weighted by Crippen LogP contribution is 2.30. The first-order valence-electron chi connectivity index (χ1n) is 7.04. The average molecular weight is 318 g/mol. The number of halogens is 1. The first-order valence-corrected chi connectivity index (χ1v) is 7.98. The topological polar surface area (TPSA) is 49.4 Å². The minimum Gasteiger partial charge on any atom is -0.324 e. The third-order valence-corrected chi connectivity index (χ3v) is 4.33. The molecule has 0 unspecified atom stereocenters. The first kappa shape index (κ1) is 14.7. The van der Waals surface area contributed by atoms with Crippen LogP contribution in [-0.2, 0) is 16.0 Å². The van der Waals surface area contributed by atoms with Gasteiger partial charge in [0, 0.05) is 19.4 Å². The van der Waals surface area contributed by atoms with E-state index in [0.29, 0.717) is 30.8 Å². The molecule has 4 nitrogen and oxygen atoms in total. The number of amides is 2. The predicted octanol–water partition coefficient (Wildman–Crippen LogP) is 3.20. The molecule has 1 aromatic heterocycles. The maximum Gasteiger partial charge on any atom is 0.227 e. The summed E-state index contributed by atoms with van der Waals surface area (Å²) >= 11 is 1.60. The van der Waals surface area contributed by atoms with Gasteiger partial charge in [-0.1, -0.05) is 0 Å². The van der Waals surface area contributed by atoms with Crippen molar-refractivity contribution in [3.63, 3.8) is 0 Å². The fraction of sp³-hybridized carbons (Fsp3) is 0.250. The van der Waals surface area contributed by atoms with Gasteiger partial charge in [-0.2, -0.15) is 11.3 Å². The molecule has 2 amide bonds. The molecule has 2 aromatic rings. The molecule has 0 spiro atoms. The van der Waals surface area contributed by atoms with Gasteiger partial charge in [-0.25, -0.2) is 4.39 Å². The lowest BCUT2D eigenvalue weighted by Crippen LogP contribution is -2.32. The summed E-state index contributed by atoms with van der Waals surface area (Å²) in [7, 11) is 0. The van der Waals surface area contributed by atoms with Crippen LogP contribution in [0.25, 0.3) is 0 Å². The van der Waals surface area contributed by atoms with Gasteiger partial charge in [-0.3, -0.25) is 9.59 Å². The Morgan fingerprint density at radius 1 is 1.36 bits per heavy atom. The molecule has 0 radical (unpaired) electrons. The quantitative estimate of drug-likeness (QED) is 0.945. The van der Waals surface area contributed by atoms with Gasteiger partial charge < -0.3 is 10.2 Å². The number of nitrogens with zero attached hydrogens (tertiary/aromatic N) is 1. The maximum atomic E-state index is 13.4. The normalized spacial score (nSPS) is 14.2. The Morgan fingerprint density at radius 2 is 2.23 bits per heavy atom. The highest BCUT2D eigenvalue weighted by atomic mass is 32.1. The fourth-order valence-electron chi connectivity index (χ4n) is 2.47. The molecule has 1 aliphatic rings. The molecule has 114 valence electrons. The zero-order valence-corrected chi connectivity index (χ0v) is 12.7. The van der Waals surface area contributed by atoms with Crippen molar-refractivity contribution in [2.45, 2.75) is 19.3 Å². The number of carbonyl (C=O) groups excluding carboxylic acids is 2. The van der Waals surface area contributed by atoms with Crippen LogP contribution in [0.2, 0.25) is 0 Å². The second-order valence-electron chi connectivity index (χ2n) is 5.14. The number of thiophene rings is 1. The number of hydrogen-bond acceptors (Lipinski definition) is 3. The zero-order chi connectivity index (χ0) is 15.5. The summed E-state index contributed by atoms with van der Waals surface area (Å²) in [4.78, 5) is 25.8. The second-order valence-corrected chi connectivity index (χ2v) is 5.92. The number of rotatable bonds is 3. The Hall–Kier alpha value is -2.21. The Labute approximate surface area is 131 Å². The lowest BCUT2D eigenvalue weighted by Gasteiger charge is -2.22. The van der Waals surface area contributed by atoms with Crippen LogP contribution >= 0.6 is 11.3 Å². The molecule has 0 atom stereocenters. The minimum absolute atomic E-state index is 0.0597. The Kier molecular flexibility index (Phi) is 4.20. The van der Waals surface area contributed by atoms with Gasteiger partial charge in [-0.15, -0.1) is 0 Å². The Morgan fingerprint density at radius 3 is 3.00 bits per heavy atom. The highest BCUT2D eigenvalue weighted by Gasteiger charge is 2.24. The molecule has 0 bridgehead atoms. The van der Waals surface area contributed by atoms with Crippen molar-refractivity contribution in [1.82, 2.24) is 0 Å². The van der Waals surface area contributed by atoms with Gasteiger partial charge in [-0.05, 0) is 47.0 Å². The van der Waals surface area contributed by atoms with Crippen molar-refractivity contribution < 1.29 is 14.0 Å². The number of anilines is 2. The number of benzene rings is 1. The summed E-state index contributed by atoms with van der Waals surface area (Å²) in [5.74, 6) is -0.706. The van der Waals surface area contributed by atoms with Gasteiger partial charge in [0.05, 0.1) is 11.4 Å². The predicted molar refractivity (Wildman–Crippen MR) is 84.6 cm³/mol. The zero-order valence-electron chi connectivity index (χ0n) is 11.8. The average Bonchev–Trinajstić information content (AvgIpc) is 2.94. The van der Waals surface area contributed by atoms with Crippen molar-refractivity contribution in [3.05, 3.63) is 46.4 Å². The van der Waals surface area contributed by atoms with E-state index in [2.05, 4.69) is 5.32 Å². The van der Waals surface area contributed by atoms with Crippen molar-refractivity contribution in [3.8, 4) is 0 Å². The van der Waals surface area contributed by atoms with E-state index in [-0.39, 0.29) is 18.2 Å². The lowest BCUT2D eigenvalue weighted by molar-refractivity contribution is -0.118. The summed E-state index contributed by atoms with van der Waals surface area (Å²) < 4.78 is 13.4. The van der Waals surface area contributed by atoms with E-state index in [9.17, 15) is 14.0 Å². The van der Waals surface area contributed by atoms with E-state index < -0.39 is 5.82 Å². The standard InChI is InChI=1S/C16H15FN2O2S/c17-12-2-3-14-13(9-12)18-15(20)5-7-19(14)16(21)4-1-11-6-8-22-10-11/h2-3,6,8-10H,1,4-5,7H2,(H,18,20). The van der Waals surface area contributed by atoms with Gasteiger partial charge in [0.1, 0.15) is 5.82 Å². The van der Waals surface area contributed by atoms with Crippen molar-refractivity contribution in [1.29, 1.82) is 0 Å². The van der Waals surface area contributed by atoms with E-state index in [0.717, 1.165) is 5.56 Å². The van der Waals surface area contributed by atoms with Gasteiger partial charge >= 0.3 is 0 Å². The molecule has 1 N–H and O–H groups in total. The molecule has 22 heavy (non-hydrogen) atoms. The second kappa shape index (κ2) is 6.27. The number of aryl methyl sites for hydroxylation is 1. The molecule has 3 rings (SSSR count). The molecule has 0 fully saturated rings. The van der Waals surface area contributed by atoms with E-state index >= 15 is 0 Å². The van der Waals surface area contributed by atoms with Crippen LogP contribution in [0.1, 0.15) is 18.4 Å². The SMILES string of the molecule is O=C1CCN(C(=O)CCc2ccsc2)c2ccc(F)cc2N1. The molecule has 1 aromatic carbocycles. The van der Waals surface area contributed by atoms with Crippen LogP contribution in [0.3, 0.4) is 0 Å². The van der Waals surface area contributed by atoms with E-state index in [4.69, 9.17) is 0 Å². The van der Waals surface area contributed by atoms with E-state index in [1.54, 1.807) is 22.3 Å². The maximum absolute atomic E-state index is 13.4. The van der Waals surface area contributed by atoms with E-state index in [1.165, 1.54) is 12.1 Å². The summed E-state index contributed by atoms with van der Waals surface area (Å²) in [6.07, 6.45) is 1.24. The molecular weight excluding hydrogens is 303 g/mol. The Bertz CT molecular complexity index is 700. The monoisotopic (exact) mass is 318 g/mol. The van der Waals surface area contributed by atoms with Crippen LogP contribution < -0.4 is 10.2 Å². The summed E-state index contributed by atoms with van der Waals surface area (Å²) in [5, 5.41) is 6.64. The summed E-state index contributed by atoms with van der Waals surface area (Å²) in [5.41, 5.74) is 2.04. The van der Waals surface area contributed by atoms with Gasteiger partial charge in [0.25, 0.3) is 0 Å². The van der Waals surface area contributed by atoms with Crippen molar-refractivity contribution >= 4 is 34.5 Å².